The van der Waals surface area contributed by atoms with E-state index in [9.17, 15) is 14.0 Å². The predicted molar refractivity (Wildman–Crippen MR) is 78.8 cm³/mol. The average molecular weight is 299 g/mol. The van der Waals surface area contributed by atoms with Gasteiger partial charge in [-0.15, -0.1) is 0 Å². The van der Waals surface area contributed by atoms with Crippen LogP contribution in [-0.4, -0.2) is 23.3 Å². The van der Waals surface area contributed by atoms with E-state index >= 15 is 0 Å². The highest BCUT2D eigenvalue weighted by molar-refractivity contribution is 6.30. The topological polar surface area (TPSA) is 59.2 Å². The van der Waals surface area contributed by atoms with E-state index in [2.05, 4.69) is 4.98 Å². The van der Waals surface area contributed by atoms with Crippen LogP contribution < -0.4 is 0 Å². The molecular weight excluding hydrogens is 285 g/mol. The van der Waals surface area contributed by atoms with Crippen LogP contribution in [0.2, 0.25) is 0 Å². The first-order valence-corrected chi connectivity index (χ1v) is 6.99. The second-order valence-electron chi connectivity index (χ2n) is 4.97. The number of hydrogen-bond acceptors (Lipinski definition) is 3. The molecule has 0 fully saturated rings. The van der Waals surface area contributed by atoms with E-state index in [4.69, 9.17) is 4.74 Å². The third-order valence-corrected chi connectivity index (χ3v) is 3.61. The van der Waals surface area contributed by atoms with E-state index < -0.39 is 17.6 Å². The Bertz CT molecular complexity index is 775. The van der Waals surface area contributed by atoms with E-state index in [1.54, 1.807) is 25.3 Å². The van der Waals surface area contributed by atoms with Gasteiger partial charge in [-0.25, -0.2) is 9.18 Å². The van der Waals surface area contributed by atoms with Crippen molar-refractivity contribution in [2.45, 2.75) is 13.3 Å². The molecule has 0 aliphatic heterocycles. The second kappa shape index (κ2) is 5.60. The highest BCUT2D eigenvalue weighted by Crippen LogP contribution is 2.32. The number of H-pyrrole nitrogens is 1. The number of esters is 1. The molecule has 1 aromatic heterocycles. The summed E-state index contributed by atoms with van der Waals surface area (Å²) in [5.41, 5.74) is 2.13. The number of rotatable bonds is 3. The van der Waals surface area contributed by atoms with Crippen molar-refractivity contribution in [3.63, 3.8) is 0 Å². The molecule has 22 heavy (non-hydrogen) atoms. The molecule has 1 N–H and O–H groups in total. The zero-order valence-corrected chi connectivity index (χ0v) is 12.0. The third kappa shape index (κ3) is 2.35. The van der Waals surface area contributed by atoms with Crippen molar-refractivity contribution in [2.24, 2.45) is 0 Å². The highest BCUT2D eigenvalue weighted by Gasteiger charge is 2.32. The summed E-state index contributed by atoms with van der Waals surface area (Å²) in [6, 6.07) is 7.51. The molecule has 3 rings (SSSR count). The van der Waals surface area contributed by atoms with Gasteiger partial charge in [0, 0.05) is 23.9 Å². The van der Waals surface area contributed by atoms with Crippen LogP contribution in [0.15, 0.2) is 42.1 Å². The first-order valence-electron chi connectivity index (χ1n) is 6.99. The number of ether oxygens (including phenoxy) is 1. The third-order valence-electron chi connectivity index (χ3n) is 3.61. The number of carbonyl (C=O) groups excluding carboxylic acids is 2. The summed E-state index contributed by atoms with van der Waals surface area (Å²) < 4.78 is 18.5. The number of nitrogens with one attached hydrogen (secondary N) is 1. The fourth-order valence-corrected chi connectivity index (χ4v) is 2.65. The van der Waals surface area contributed by atoms with E-state index in [1.165, 1.54) is 18.2 Å². The van der Waals surface area contributed by atoms with Crippen LogP contribution >= 0.6 is 0 Å². The maximum absolute atomic E-state index is 13.4. The van der Waals surface area contributed by atoms with Crippen LogP contribution in [0.4, 0.5) is 4.39 Å². The Hall–Kier alpha value is -2.69. The van der Waals surface area contributed by atoms with Gasteiger partial charge < -0.3 is 9.72 Å². The summed E-state index contributed by atoms with van der Waals surface area (Å²) >= 11 is 0. The van der Waals surface area contributed by atoms with Crippen LogP contribution in [-0.2, 0) is 16.0 Å². The number of allylic oxidation sites excluding steroid dienone is 1. The van der Waals surface area contributed by atoms with Gasteiger partial charge in [0.05, 0.1) is 6.61 Å². The van der Waals surface area contributed by atoms with Gasteiger partial charge in [-0.2, -0.15) is 0 Å². The smallest absolute Gasteiger partial charge is 0.342 e. The van der Waals surface area contributed by atoms with Gasteiger partial charge in [-0.05, 0) is 48.4 Å². The van der Waals surface area contributed by atoms with Crippen LogP contribution in [0.25, 0.3) is 5.57 Å². The highest BCUT2D eigenvalue weighted by atomic mass is 19.1. The first-order chi connectivity index (χ1) is 10.6. The predicted octanol–water partition coefficient (Wildman–Crippen LogP) is 2.91. The summed E-state index contributed by atoms with van der Waals surface area (Å²) in [6.07, 6.45) is 2.00. The van der Waals surface area contributed by atoms with Gasteiger partial charge in [0.2, 0.25) is 5.78 Å². The Morgan fingerprint density at radius 3 is 2.86 bits per heavy atom. The van der Waals surface area contributed by atoms with E-state index in [0.29, 0.717) is 28.8 Å². The Morgan fingerprint density at radius 1 is 1.36 bits per heavy atom. The van der Waals surface area contributed by atoms with Gasteiger partial charge >= 0.3 is 5.97 Å². The van der Waals surface area contributed by atoms with Crippen molar-refractivity contribution < 1.29 is 18.7 Å². The molecular formula is C17H14FNO3. The Kier molecular flexibility index (Phi) is 3.63. The molecule has 0 bridgehead atoms. The minimum absolute atomic E-state index is 0.0170. The van der Waals surface area contributed by atoms with Crippen molar-refractivity contribution in [2.75, 3.05) is 6.61 Å². The minimum Gasteiger partial charge on any atom is -0.462 e. The molecule has 0 spiro atoms. The number of hydrogen-bond donors (Lipinski definition) is 1. The molecule has 1 aromatic carbocycles. The summed E-state index contributed by atoms with van der Waals surface area (Å²) in [5.74, 6) is -1.48. The number of halogens is 1. The number of benzene rings is 1. The summed E-state index contributed by atoms with van der Waals surface area (Å²) in [5, 5.41) is 0. The molecule has 4 nitrogen and oxygen atoms in total. The lowest BCUT2D eigenvalue weighted by atomic mass is 9.83. The fraction of sp³-hybridized carbons (Fsp3) is 0.176. The average Bonchev–Trinajstić information content (AvgIpc) is 3.00. The standard InChI is InChI=1S/C17H14FNO3/c1-2-22-17(21)15-13(14-4-3-7-19-14)9-10-8-11(18)5-6-12(10)16(15)20/h3-8,19H,2,9H2,1H3. The van der Waals surface area contributed by atoms with Gasteiger partial charge in [0.25, 0.3) is 0 Å². The van der Waals surface area contributed by atoms with Crippen molar-refractivity contribution in [3.05, 3.63) is 64.7 Å². The van der Waals surface area contributed by atoms with E-state index in [0.717, 1.165) is 0 Å². The molecule has 0 amide bonds. The number of ketones is 1. The van der Waals surface area contributed by atoms with Gasteiger partial charge in [0.1, 0.15) is 11.4 Å². The molecule has 5 heteroatoms. The zero-order valence-electron chi connectivity index (χ0n) is 12.0. The molecule has 0 saturated carbocycles. The quantitative estimate of drug-likeness (QED) is 0.700. The van der Waals surface area contributed by atoms with Gasteiger partial charge in [-0.3, -0.25) is 4.79 Å². The molecule has 1 aliphatic carbocycles. The lowest BCUT2D eigenvalue weighted by molar-refractivity contribution is -0.138. The molecule has 0 unspecified atom stereocenters. The molecule has 1 heterocycles. The number of Topliss-reactive ketones (excluding diaryl/α,β-unsaturated/α-hetero) is 1. The van der Waals surface area contributed by atoms with Crippen LogP contribution in [0.5, 0.6) is 0 Å². The Balaban J connectivity index is 2.17. The number of aromatic nitrogens is 1. The van der Waals surface area contributed by atoms with Crippen molar-refractivity contribution >= 4 is 17.3 Å². The molecule has 0 radical (unpaired) electrons. The second-order valence-corrected chi connectivity index (χ2v) is 4.97. The number of fused-ring (bicyclic) bond motifs is 1. The van der Waals surface area contributed by atoms with Crippen LogP contribution in [0, 0.1) is 5.82 Å². The first kappa shape index (κ1) is 14.3. The normalized spacial score (nSPS) is 14.0. The maximum Gasteiger partial charge on any atom is 0.342 e. The Labute approximate surface area is 126 Å². The lowest BCUT2D eigenvalue weighted by Crippen LogP contribution is -2.24. The summed E-state index contributed by atoms with van der Waals surface area (Å²) in [7, 11) is 0. The molecule has 112 valence electrons. The van der Waals surface area contributed by atoms with E-state index in [-0.39, 0.29) is 12.2 Å². The largest absolute Gasteiger partial charge is 0.462 e. The van der Waals surface area contributed by atoms with Crippen molar-refractivity contribution in [1.29, 1.82) is 0 Å². The number of carbonyl (C=O) groups is 2. The Morgan fingerprint density at radius 2 is 2.18 bits per heavy atom. The molecule has 1 aliphatic rings. The fourth-order valence-electron chi connectivity index (χ4n) is 2.65. The maximum atomic E-state index is 13.4. The van der Waals surface area contributed by atoms with Gasteiger partial charge in [0.15, 0.2) is 0 Å². The van der Waals surface area contributed by atoms with Crippen molar-refractivity contribution in [3.8, 4) is 0 Å². The van der Waals surface area contributed by atoms with Crippen LogP contribution in [0.3, 0.4) is 0 Å². The van der Waals surface area contributed by atoms with E-state index in [1.807, 2.05) is 0 Å². The van der Waals surface area contributed by atoms with Gasteiger partial charge in [-0.1, -0.05) is 0 Å². The monoisotopic (exact) mass is 299 g/mol. The molecule has 0 saturated heterocycles. The molecule has 2 aromatic rings. The minimum atomic E-state index is -0.646. The SMILES string of the molecule is CCOC(=O)C1=C(c2ccc[nH]2)Cc2cc(F)ccc2C1=O. The van der Waals surface area contributed by atoms with Crippen LogP contribution in [0.1, 0.15) is 28.5 Å². The lowest BCUT2D eigenvalue weighted by Gasteiger charge is -2.20. The molecule has 0 atom stereocenters. The van der Waals surface area contributed by atoms with Crippen molar-refractivity contribution in [1.82, 2.24) is 4.98 Å². The summed E-state index contributed by atoms with van der Waals surface area (Å²) in [6.45, 7) is 1.87. The number of aromatic amines is 1. The summed E-state index contributed by atoms with van der Waals surface area (Å²) in [4.78, 5) is 27.8. The zero-order chi connectivity index (χ0) is 15.7.